The molecule has 1 aromatic carbocycles. The number of hydrogen-bond acceptors (Lipinski definition) is 0. The van der Waals surface area contributed by atoms with E-state index in [1.807, 2.05) is 0 Å². The second-order valence-electron chi connectivity index (χ2n) is 2.51. The maximum absolute atomic E-state index is 12.0. The molecule has 79 valence electrons. The molecule has 0 spiro atoms. The topological polar surface area (TPSA) is 0 Å². The molecular formula is C8H4F6Na. The third-order valence-corrected chi connectivity index (χ3v) is 1.44. The van der Waals surface area contributed by atoms with Crippen molar-refractivity contribution in [3.63, 3.8) is 0 Å². The molecule has 0 aromatic heterocycles. The fraction of sp³-hybridized carbons (Fsp3) is 0.250. The van der Waals surface area contributed by atoms with Gasteiger partial charge in [-0.2, -0.15) is 26.3 Å². The van der Waals surface area contributed by atoms with Gasteiger partial charge in [-0.05, 0) is 24.3 Å². The standard InChI is InChI=1S/C8H3F6.Na.H/c9-7(10,11)5-2-1-3-6(4-5)8(12,13)14;;/h2-4H;;. The van der Waals surface area contributed by atoms with Gasteiger partial charge in [0.15, 0.2) is 0 Å². The summed E-state index contributed by atoms with van der Waals surface area (Å²) in [6, 6.07) is 2.79. The van der Waals surface area contributed by atoms with Crippen molar-refractivity contribution in [2.45, 2.75) is 12.4 Å². The number of rotatable bonds is 0. The molecule has 1 radical (unpaired) electrons. The first kappa shape index (κ1) is 14.8. The molecule has 1 rings (SSSR count). The SMILES string of the molecule is FC(F)(F)c1c[c]cc(C(F)(F)F)c1.[NaH]. The molecule has 0 heterocycles. The Balaban J connectivity index is 0.00000196. The van der Waals surface area contributed by atoms with Crippen molar-refractivity contribution in [1.82, 2.24) is 0 Å². The molecule has 0 fully saturated rings. The Kier molecular flexibility index (Phi) is 4.69. The average Bonchev–Trinajstić information content (AvgIpc) is 2.01. The van der Waals surface area contributed by atoms with Crippen LogP contribution in [-0.2, 0) is 12.4 Å². The molecule has 1 aromatic rings. The molecule has 0 aliphatic rings. The van der Waals surface area contributed by atoms with Crippen LogP contribution < -0.4 is 0 Å². The van der Waals surface area contributed by atoms with E-state index in [-0.39, 0.29) is 35.6 Å². The van der Waals surface area contributed by atoms with Crippen LogP contribution in [0.4, 0.5) is 26.3 Å². The zero-order chi connectivity index (χ0) is 11.0. The zero-order valence-corrected chi connectivity index (χ0v) is 6.50. The van der Waals surface area contributed by atoms with Crippen LogP contribution in [0.5, 0.6) is 0 Å². The molecule has 0 aliphatic heterocycles. The predicted octanol–water partition coefficient (Wildman–Crippen LogP) is 2.88. The Morgan fingerprint density at radius 2 is 1.13 bits per heavy atom. The van der Waals surface area contributed by atoms with E-state index in [0.717, 1.165) is 0 Å². The summed E-state index contributed by atoms with van der Waals surface area (Å²) in [4.78, 5) is 0. The van der Waals surface area contributed by atoms with E-state index in [2.05, 4.69) is 0 Å². The Bertz CT molecular complexity index is 297. The van der Waals surface area contributed by atoms with Gasteiger partial charge in [-0.3, -0.25) is 0 Å². The van der Waals surface area contributed by atoms with Crippen LogP contribution in [0.3, 0.4) is 0 Å². The molecule has 0 saturated heterocycles. The van der Waals surface area contributed by atoms with Gasteiger partial charge in [0.05, 0.1) is 11.1 Å². The first-order chi connectivity index (χ1) is 6.21. The molecular weight excluding hydrogens is 233 g/mol. The molecule has 0 atom stereocenters. The van der Waals surface area contributed by atoms with Crippen LogP contribution in [0.2, 0.25) is 0 Å². The Labute approximate surface area is 104 Å². The van der Waals surface area contributed by atoms with Gasteiger partial charge < -0.3 is 0 Å². The van der Waals surface area contributed by atoms with Crippen LogP contribution in [0.25, 0.3) is 0 Å². The van der Waals surface area contributed by atoms with Crippen LogP contribution in [0.1, 0.15) is 11.1 Å². The van der Waals surface area contributed by atoms with Crippen molar-refractivity contribution in [3.8, 4) is 0 Å². The van der Waals surface area contributed by atoms with Crippen molar-refractivity contribution >= 4 is 29.6 Å². The second kappa shape index (κ2) is 4.76. The van der Waals surface area contributed by atoms with Crippen molar-refractivity contribution in [2.75, 3.05) is 0 Å². The summed E-state index contributed by atoms with van der Waals surface area (Å²) >= 11 is 0. The Morgan fingerprint density at radius 1 is 0.800 bits per heavy atom. The van der Waals surface area contributed by atoms with Crippen molar-refractivity contribution in [2.24, 2.45) is 0 Å². The van der Waals surface area contributed by atoms with Gasteiger partial charge in [-0.1, -0.05) is 0 Å². The maximum atomic E-state index is 12.0. The summed E-state index contributed by atoms with van der Waals surface area (Å²) in [6.07, 6.45) is -9.56. The van der Waals surface area contributed by atoms with Crippen molar-refractivity contribution < 1.29 is 26.3 Å². The van der Waals surface area contributed by atoms with Crippen molar-refractivity contribution in [1.29, 1.82) is 0 Å². The predicted molar refractivity (Wildman–Crippen MR) is 42.4 cm³/mol. The van der Waals surface area contributed by atoms with Crippen molar-refractivity contribution in [3.05, 3.63) is 35.4 Å². The first-order valence-corrected chi connectivity index (χ1v) is 3.37. The molecule has 0 saturated carbocycles. The van der Waals surface area contributed by atoms with Crippen LogP contribution in [0, 0.1) is 6.07 Å². The average molecular weight is 237 g/mol. The quantitative estimate of drug-likeness (QED) is 0.480. The number of benzene rings is 1. The van der Waals surface area contributed by atoms with Crippen LogP contribution in [-0.4, -0.2) is 29.6 Å². The number of hydrogen-bond donors (Lipinski definition) is 0. The van der Waals surface area contributed by atoms with Crippen LogP contribution >= 0.6 is 0 Å². The third-order valence-electron chi connectivity index (χ3n) is 1.44. The number of halogens is 6. The van der Waals surface area contributed by atoms with Crippen LogP contribution in [0.15, 0.2) is 18.2 Å². The van der Waals surface area contributed by atoms with E-state index in [1.165, 1.54) is 0 Å². The molecule has 0 bridgehead atoms. The van der Waals surface area contributed by atoms with Gasteiger partial charge in [0.25, 0.3) is 0 Å². The van der Waals surface area contributed by atoms with Gasteiger partial charge in [0.2, 0.25) is 0 Å². The van der Waals surface area contributed by atoms with E-state index in [1.54, 1.807) is 6.07 Å². The van der Waals surface area contributed by atoms with E-state index in [0.29, 0.717) is 12.1 Å². The summed E-state index contributed by atoms with van der Waals surface area (Å²) in [5, 5.41) is 0. The third kappa shape index (κ3) is 4.04. The van der Waals surface area contributed by atoms with E-state index in [9.17, 15) is 26.3 Å². The fourth-order valence-electron chi connectivity index (χ4n) is 0.799. The summed E-state index contributed by atoms with van der Waals surface area (Å²) in [7, 11) is 0. The van der Waals surface area contributed by atoms with E-state index >= 15 is 0 Å². The summed E-state index contributed by atoms with van der Waals surface area (Å²) < 4.78 is 71.8. The van der Waals surface area contributed by atoms with Gasteiger partial charge in [-0.15, -0.1) is 0 Å². The molecule has 15 heavy (non-hydrogen) atoms. The van der Waals surface area contributed by atoms with Gasteiger partial charge in [0.1, 0.15) is 0 Å². The monoisotopic (exact) mass is 237 g/mol. The summed E-state index contributed by atoms with van der Waals surface area (Å²) in [5.74, 6) is 0. The molecule has 0 aliphatic carbocycles. The fourth-order valence-corrected chi connectivity index (χ4v) is 0.799. The van der Waals surface area contributed by atoms with E-state index in [4.69, 9.17) is 0 Å². The van der Waals surface area contributed by atoms with E-state index < -0.39 is 23.5 Å². The minimum atomic E-state index is -4.78. The molecule has 0 amide bonds. The van der Waals surface area contributed by atoms with Gasteiger partial charge in [-0.25, -0.2) is 0 Å². The molecule has 7 heteroatoms. The molecule has 0 N–H and O–H groups in total. The zero-order valence-electron chi connectivity index (χ0n) is 6.50. The van der Waals surface area contributed by atoms with Gasteiger partial charge in [0, 0.05) is 0 Å². The summed E-state index contributed by atoms with van der Waals surface area (Å²) in [5.41, 5.74) is -2.71. The first-order valence-electron chi connectivity index (χ1n) is 3.37. The molecule has 0 nitrogen and oxygen atoms in total. The second-order valence-corrected chi connectivity index (χ2v) is 2.51. The minimum absolute atomic E-state index is 0. The Hall–Kier alpha value is -0.200. The number of alkyl halides is 6. The normalized spacial score (nSPS) is 12.1. The van der Waals surface area contributed by atoms with Gasteiger partial charge >= 0.3 is 41.9 Å². The summed E-state index contributed by atoms with van der Waals surface area (Å²) in [6.45, 7) is 0. The Morgan fingerprint density at radius 3 is 1.40 bits per heavy atom. The molecule has 0 unspecified atom stereocenters.